The van der Waals surface area contributed by atoms with E-state index < -0.39 is 0 Å². The van der Waals surface area contributed by atoms with Crippen LogP contribution < -0.4 is 10.5 Å². The zero-order valence-electron chi connectivity index (χ0n) is 10.7. The molecule has 0 aliphatic rings. The minimum absolute atomic E-state index is 0.374. The van der Waals surface area contributed by atoms with Gasteiger partial charge >= 0.3 is 0 Å². The number of thiocarbonyl (C=S) groups is 1. The van der Waals surface area contributed by atoms with Crippen molar-refractivity contribution in [1.29, 1.82) is 0 Å². The van der Waals surface area contributed by atoms with Gasteiger partial charge in [-0.1, -0.05) is 54.7 Å². The summed E-state index contributed by atoms with van der Waals surface area (Å²) in [6.45, 7) is 0.661. The van der Waals surface area contributed by atoms with E-state index in [0.29, 0.717) is 11.6 Å². The van der Waals surface area contributed by atoms with Gasteiger partial charge in [-0.3, -0.25) is 0 Å². The molecular weight excluding hydrogens is 254 g/mol. The highest BCUT2D eigenvalue weighted by molar-refractivity contribution is 7.80. The highest BCUT2D eigenvalue weighted by Gasteiger charge is 2.04. The number of nitrogens with two attached hydrogens (primary N) is 1. The van der Waals surface area contributed by atoms with Gasteiger partial charge in [0.15, 0.2) is 0 Å². The van der Waals surface area contributed by atoms with E-state index in [2.05, 4.69) is 24.3 Å². The number of rotatable bonds is 6. The highest BCUT2D eigenvalue weighted by Crippen LogP contribution is 2.18. The van der Waals surface area contributed by atoms with Gasteiger partial charge < -0.3 is 10.5 Å². The number of hydrogen-bond acceptors (Lipinski definition) is 2. The summed E-state index contributed by atoms with van der Waals surface area (Å²) in [4.78, 5) is 0.374. The Bertz CT molecular complexity index is 539. The Balaban J connectivity index is 1.85. The highest BCUT2D eigenvalue weighted by atomic mass is 32.1. The summed E-state index contributed by atoms with van der Waals surface area (Å²) in [7, 11) is 0. The van der Waals surface area contributed by atoms with E-state index in [1.807, 2.05) is 30.3 Å². The molecule has 0 radical (unpaired) electrons. The van der Waals surface area contributed by atoms with Crippen LogP contribution in [0.3, 0.4) is 0 Å². The van der Waals surface area contributed by atoms with Crippen molar-refractivity contribution in [2.45, 2.75) is 12.8 Å². The third kappa shape index (κ3) is 4.07. The van der Waals surface area contributed by atoms with Crippen molar-refractivity contribution in [2.75, 3.05) is 6.61 Å². The zero-order valence-corrected chi connectivity index (χ0v) is 11.5. The molecule has 0 saturated carbocycles. The molecule has 0 bridgehead atoms. The SMILES string of the molecule is NC(=S)c1ccccc1OCCCc1ccccc1. The minimum atomic E-state index is 0.374. The lowest BCUT2D eigenvalue weighted by atomic mass is 10.1. The van der Waals surface area contributed by atoms with Gasteiger partial charge in [0.2, 0.25) is 0 Å². The first-order valence-corrected chi connectivity index (χ1v) is 6.74. The summed E-state index contributed by atoms with van der Waals surface area (Å²) in [6.07, 6.45) is 1.98. The lowest BCUT2D eigenvalue weighted by molar-refractivity contribution is 0.310. The Hall–Kier alpha value is -1.87. The molecule has 0 aromatic heterocycles. The Labute approximate surface area is 119 Å². The molecule has 2 N–H and O–H groups in total. The molecule has 2 rings (SSSR count). The van der Waals surface area contributed by atoms with Crippen LogP contribution in [0.15, 0.2) is 54.6 Å². The third-order valence-electron chi connectivity index (χ3n) is 2.86. The van der Waals surface area contributed by atoms with Crippen LogP contribution in [0.1, 0.15) is 17.5 Å². The molecule has 0 heterocycles. The van der Waals surface area contributed by atoms with Crippen molar-refractivity contribution in [2.24, 2.45) is 5.73 Å². The maximum atomic E-state index is 5.75. The van der Waals surface area contributed by atoms with E-state index in [0.717, 1.165) is 24.2 Å². The predicted octanol–water partition coefficient (Wildman–Crippen LogP) is 3.33. The molecule has 0 fully saturated rings. The molecule has 0 saturated heterocycles. The average molecular weight is 271 g/mol. The molecule has 2 aromatic rings. The van der Waals surface area contributed by atoms with Crippen molar-refractivity contribution in [3.63, 3.8) is 0 Å². The standard InChI is InChI=1S/C16H17NOS/c17-16(19)14-10-4-5-11-15(14)18-12-6-9-13-7-2-1-3-8-13/h1-5,7-8,10-11H,6,9,12H2,(H2,17,19). The summed E-state index contributed by atoms with van der Waals surface area (Å²) in [5.41, 5.74) is 7.79. The van der Waals surface area contributed by atoms with Gasteiger partial charge in [-0.05, 0) is 30.5 Å². The lowest BCUT2D eigenvalue weighted by Gasteiger charge is -2.10. The molecular formula is C16H17NOS. The molecule has 0 aliphatic carbocycles. The van der Waals surface area contributed by atoms with Crippen LogP contribution >= 0.6 is 12.2 Å². The van der Waals surface area contributed by atoms with Gasteiger partial charge in [0.25, 0.3) is 0 Å². The van der Waals surface area contributed by atoms with Crippen molar-refractivity contribution in [3.8, 4) is 5.75 Å². The lowest BCUT2D eigenvalue weighted by Crippen LogP contribution is -2.12. The van der Waals surface area contributed by atoms with Gasteiger partial charge in [0.05, 0.1) is 12.2 Å². The number of hydrogen-bond donors (Lipinski definition) is 1. The van der Waals surface area contributed by atoms with E-state index in [9.17, 15) is 0 Å². The second-order valence-electron chi connectivity index (χ2n) is 4.30. The molecule has 19 heavy (non-hydrogen) atoms. The smallest absolute Gasteiger partial charge is 0.129 e. The van der Waals surface area contributed by atoms with Crippen LogP contribution in [0.5, 0.6) is 5.75 Å². The normalized spacial score (nSPS) is 10.1. The summed E-state index contributed by atoms with van der Waals surface area (Å²) in [5.74, 6) is 0.767. The molecule has 0 atom stereocenters. The van der Waals surface area contributed by atoms with Crippen LogP contribution in [0, 0.1) is 0 Å². The molecule has 2 nitrogen and oxygen atoms in total. The van der Waals surface area contributed by atoms with Crippen molar-refractivity contribution < 1.29 is 4.74 Å². The van der Waals surface area contributed by atoms with Crippen LogP contribution in [0.25, 0.3) is 0 Å². The first-order valence-electron chi connectivity index (χ1n) is 6.33. The van der Waals surface area contributed by atoms with Crippen LogP contribution in [-0.2, 0) is 6.42 Å². The van der Waals surface area contributed by atoms with Gasteiger partial charge in [-0.15, -0.1) is 0 Å². The Morgan fingerprint density at radius 2 is 1.68 bits per heavy atom. The second kappa shape index (κ2) is 6.90. The number of ether oxygens (including phenoxy) is 1. The van der Waals surface area contributed by atoms with Crippen molar-refractivity contribution >= 4 is 17.2 Å². The summed E-state index contributed by atoms with van der Waals surface area (Å²) >= 11 is 5.00. The maximum Gasteiger partial charge on any atom is 0.129 e. The van der Waals surface area contributed by atoms with E-state index in [4.69, 9.17) is 22.7 Å². The third-order valence-corrected chi connectivity index (χ3v) is 3.08. The van der Waals surface area contributed by atoms with E-state index in [1.54, 1.807) is 0 Å². The fourth-order valence-electron chi connectivity index (χ4n) is 1.90. The molecule has 0 amide bonds. The Morgan fingerprint density at radius 1 is 1.00 bits per heavy atom. The summed E-state index contributed by atoms with van der Waals surface area (Å²) < 4.78 is 5.75. The molecule has 0 unspecified atom stereocenters. The van der Waals surface area contributed by atoms with Gasteiger partial charge in [-0.25, -0.2) is 0 Å². The number of aryl methyl sites for hydroxylation is 1. The van der Waals surface area contributed by atoms with Crippen LogP contribution in [0.2, 0.25) is 0 Å². The quantitative estimate of drug-likeness (QED) is 0.646. The fourth-order valence-corrected chi connectivity index (χ4v) is 2.07. The minimum Gasteiger partial charge on any atom is -0.493 e. The first-order chi connectivity index (χ1) is 9.27. The van der Waals surface area contributed by atoms with Gasteiger partial charge in [0, 0.05) is 0 Å². The monoisotopic (exact) mass is 271 g/mol. The van der Waals surface area contributed by atoms with Crippen LogP contribution in [-0.4, -0.2) is 11.6 Å². The fraction of sp³-hybridized carbons (Fsp3) is 0.188. The van der Waals surface area contributed by atoms with E-state index in [-0.39, 0.29) is 0 Å². The molecule has 3 heteroatoms. The van der Waals surface area contributed by atoms with E-state index in [1.165, 1.54) is 5.56 Å². The predicted molar refractivity (Wildman–Crippen MR) is 82.6 cm³/mol. The Morgan fingerprint density at radius 3 is 2.42 bits per heavy atom. The largest absolute Gasteiger partial charge is 0.493 e. The number of benzene rings is 2. The topological polar surface area (TPSA) is 35.2 Å². The van der Waals surface area contributed by atoms with Gasteiger partial charge in [0.1, 0.15) is 10.7 Å². The molecule has 2 aromatic carbocycles. The number of para-hydroxylation sites is 1. The average Bonchev–Trinajstić information content (AvgIpc) is 2.45. The first kappa shape index (κ1) is 13.6. The van der Waals surface area contributed by atoms with Gasteiger partial charge in [-0.2, -0.15) is 0 Å². The summed E-state index contributed by atoms with van der Waals surface area (Å²) in [5, 5.41) is 0. The molecule has 0 spiro atoms. The summed E-state index contributed by atoms with van der Waals surface area (Å²) in [6, 6.07) is 18.0. The Kier molecular flexibility index (Phi) is 4.93. The van der Waals surface area contributed by atoms with Crippen molar-refractivity contribution in [1.82, 2.24) is 0 Å². The van der Waals surface area contributed by atoms with Crippen molar-refractivity contribution in [3.05, 3.63) is 65.7 Å². The molecule has 0 aliphatic heterocycles. The zero-order chi connectivity index (χ0) is 13.5. The molecule has 98 valence electrons. The van der Waals surface area contributed by atoms with E-state index >= 15 is 0 Å². The maximum absolute atomic E-state index is 5.75. The van der Waals surface area contributed by atoms with Crippen LogP contribution in [0.4, 0.5) is 0 Å². The second-order valence-corrected chi connectivity index (χ2v) is 4.74.